The van der Waals surface area contributed by atoms with Crippen LogP contribution in [0.1, 0.15) is 37.9 Å². The fourth-order valence-corrected chi connectivity index (χ4v) is 2.43. The molecule has 0 aliphatic heterocycles. The highest BCUT2D eigenvalue weighted by Gasteiger charge is 2.04. The first kappa shape index (κ1) is 10.6. The van der Waals surface area contributed by atoms with Crippen LogP contribution < -0.4 is 5.32 Å². The van der Waals surface area contributed by atoms with Gasteiger partial charge in [0.25, 0.3) is 0 Å². The Hall–Kier alpha value is -0.900. The summed E-state index contributed by atoms with van der Waals surface area (Å²) >= 11 is 1.44. The predicted molar refractivity (Wildman–Crippen MR) is 64.3 cm³/mol. The molecule has 2 rings (SSSR count). The van der Waals surface area contributed by atoms with E-state index < -0.39 is 0 Å². The molecule has 4 heteroatoms. The third-order valence-corrected chi connectivity index (χ3v) is 3.40. The number of nitrogens with zero attached hydrogens (tertiary/aromatic N) is 2. The van der Waals surface area contributed by atoms with Crippen molar-refractivity contribution >= 4 is 16.7 Å². The van der Waals surface area contributed by atoms with Crippen LogP contribution in [0.15, 0.2) is 11.6 Å². The van der Waals surface area contributed by atoms with Crippen LogP contribution in [0.4, 0.5) is 5.13 Å². The molecule has 0 saturated heterocycles. The van der Waals surface area contributed by atoms with Crippen molar-refractivity contribution in [3.05, 3.63) is 17.5 Å². The van der Waals surface area contributed by atoms with Crippen LogP contribution in [-0.4, -0.2) is 15.9 Å². The molecule has 0 radical (unpaired) electrons. The van der Waals surface area contributed by atoms with Crippen LogP contribution in [0.2, 0.25) is 0 Å². The molecule has 0 atom stereocenters. The fourth-order valence-electron chi connectivity index (χ4n) is 1.83. The van der Waals surface area contributed by atoms with Crippen LogP contribution in [0.3, 0.4) is 0 Å². The maximum atomic E-state index is 4.27. The lowest BCUT2D eigenvalue weighted by atomic mass is 9.97. The summed E-state index contributed by atoms with van der Waals surface area (Å²) in [6, 6.07) is 0. The lowest BCUT2D eigenvalue weighted by Gasteiger charge is -2.12. The van der Waals surface area contributed by atoms with Crippen LogP contribution in [0.25, 0.3) is 0 Å². The Morgan fingerprint density at radius 2 is 2.40 bits per heavy atom. The van der Waals surface area contributed by atoms with Gasteiger partial charge in [-0.3, -0.25) is 0 Å². The van der Waals surface area contributed by atoms with Gasteiger partial charge in [-0.1, -0.05) is 11.6 Å². The van der Waals surface area contributed by atoms with Gasteiger partial charge in [0, 0.05) is 18.1 Å². The molecule has 3 nitrogen and oxygen atoms in total. The highest BCUT2D eigenvalue weighted by atomic mass is 32.1. The molecule has 1 heterocycles. The first-order chi connectivity index (χ1) is 7.34. The molecule has 0 saturated carbocycles. The van der Waals surface area contributed by atoms with E-state index in [1.807, 2.05) is 6.92 Å². The molecule has 0 fully saturated rings. The average molecular weight is 223 g/mol. The SMILES string of the molecule is Cc1nsc(NCCC2=CCCCC2)n1. The van der Waals surface area contributed by atoms with E-state index in [0.29, 0.717) is 0 Å². The average Bonchev–Trinajstić information content (AvgIpc) is 2.66. The van der Waals surface area contributed by atoms with Gasteiger partial charge < -0.3 is 5.32 Å². The number of hydrogen-bond acceptors (Lipinski definition) is 4. The number of nitrogens with one attached hydrogen (secondary N) is 1. The van der Waals surface area contributed by atoms with Crippen molar-refractivity contribution in [1.82, 2.24) is 9.36 Å². The van der Waals surface area contributed by atoms with Gasteiger partial charge in [0.15, 0.2) is 0 Å². The topological polar surface area (TPSA) is 37.8 Å². The third-order valence-electron chi connectivity index (χ3n) is 2.63. The Bertz CT molecular complexity index is 343. The van der Waals surface area contributed by atoms with Crippen molar-refractivity contribution in [3.8, 4) is 0 Å². The zero-order valence-electron chi connectivity index (χ0n) is 9.12. The lowest BCUT2D eigenvalue weighted by molar-refractivity contribution is 0.679. The first-order valence-electron chi connectivity index (χ1n) is 5.57. The largest absolute Gasteiger partial charge is 0.360 e. The monoisotopic (exact) mass is 223 g/mol. The summed E-state index contributed by atoms with van der Waals surface area (Å²) in [5.74, 6) is 0.861. The molecule has 0 spiro atoms. The van der Waals surface area contributed by atoms with Crippen molar-refractivity contribution in [3.63, 3.8) is 0 Å². The fraction of sp³-hybridized carbons (Fsp3) is 0.636. The van der Waals surface area contributed by atoms with E-state index in [9.17, 15) is 0 Å². The van der Waals surface area contributed by atoms with E-state index in [4.69, 9.17) is 0 Å². The van der Waals surface area contributed by atoms with E-state index in [1.54, 1.807) is 5.57 Å². The number of rotatable bonds is 4. The van der Waals surface area contributed by atoms with Gasteiger partial charge in [-0.25, -0.2) is 4.98 Å². The first-order valence-corrected chi connectivity index (χ1v) is 6.34. The number of aromatic nitrogens is 2. The molecule has 82 valence electrons. The van der Waals surface area contributed by atoms with Gasteiger partial charge in [-0.05, 0) is 39.0 Å². The van der Waals surface area contributed by atoms with Crippen LogP contribution in [0, 0.1) is 6.92 Å². The van der Waals surface area contributed by atoms with Gasteiger partial charge in [-0.2, -0.15) is 4.37 Å². The second-order valence-corrected chi connectivity index (χ2v) is 4.68. The number of aryl methyl sites for hydroxylation is 1. The van der Waals surface area contributed by atoms with Gasteiger partial charge in [0.1, 0.15) is 5.82 Å². The Kier molecular flexibility index (Phi) is 3.72. The molecule has 0 bridgehead atoms. The van der Waals surface area contributed by atoms with Crippen LogP contribution in [-0.2, 0) is 0 Å². The number of allylic oxidation sites excluding steroid dienone is 1. The Balaban J connectivity index is 1.72. The third kappa shape index (κ3) is 3.30. The maximum absolute atomic E-state index is 4.27. The summed E-state index contributed by atoms with van der Waals surface area (Å²) in [4.78, 5) is 4.27. The van der Waals surface area contributed by atoms with Crippen molar-refractivity contribution in [2.45, 2.75) is 39.0 Å². The predicted octanol–water partition coefficient (Wildman–Crippen LogP) is 3.15. The standard InChI is InChI=1S/C11H17N3S/c1-9-13-11(15-14-9)12-8-7-10-5-3-2-4-6-10/h5H,2-4,6-8H2,1H3,(H,12,13,14). The van der Waals surface area contributed by atoms with Gasteiger partial charge in [-0.15, -0.1) is 0 Å². The minimum absolute atomic E-state index is 0.861. The normalized spacial score (nSPS) is 16.2. The quantitative estimate of drug-likeness (QED) is 0.797. The number of anilines is 1. The van der Waals surface area contributed by atoms with Crippen LogP contribution in [0.5, 0.6) is 0 Å². The van der Waals surface area contributed by atoms with Crippen molar-refractivity contribution in [2.24, 2.45) is 0 Å². The molecule has 1 aromatic rings. The molecular weight excluding hydrogens is 206 g/mol. The number of hydrogen-bond donors (Lipinski definition) is 1. The summed E-state index contributed by atoms with van der Waals surface area (Å²) in [6.07, 6.45) is 8.84. The zero-order valence-corrected chi connectivity index (χ0v) is 9.94. The van der Waals surface area contributed by atoms with E-state index in [1.165, 1.54) is 37.2 Å². The lowest BCUT2D eigenvalue weighted by Crippen LogP contribution is -2.04. The Labute approximate surface area is 94.8 Å². The smallest absolute Gasteiger partial charge is 0.202 e. The van der Waals surface area contributed by atoms with Crippen molar-refractivity contribution in [2.75, 3.05) is 11.9 Å². The summed E-state index contributed by atoms with van der Waals surface area (Å²) in [7, 11) is 0. The second-order valence-electron chi connectivity index (χ2n) is 3.93. The molecule has 1 aliphatic rings. The minimum Gasteiger partial charge on any atom is -0.360 e. The van der Waals surface area contributed by atoms with Crippen molar-refractivity contribution in [1.29, 1.82) is 0 Å². The molecule has 1 aromatic heterocycles. The summed E-state index contributed by atoms with van der Waals surface area (Å²) in [5.41, 5.74) is 1.61. The summed E-state index contributed by atoms with van der Waals surface area (Å²) in [5, 5.41) is 4.26. The molecule has 15 heavy (non-hydrogen) atoms. The molecule has 0 amide bonds. The molecule has 1 N–H and O–H groups in total. The highest BCUT2D eigenvalue weighted by molar-refractivity contribution is 7.09. The second kappa shape index (κ2) is 5.26. The Morgan fingerprint density at radius 3 is 3.07 bits per heavy atom. The summed E-state index contributed by atoms with van der Waals surface area (Å²) < 4.78 is 4.14. The van der Waals surface area contributed by atoms with Crippen LogP contribution >= 0.6 is 11.5 Å². The van der Waals surface area contributed by atoms with Gasteiger partial charge in [0.2, 0.25) is 5.13 Å². The molecule has 1 aliphatic carbocycles. The zero-order chi connectivity index (χ0) is 10.5. The van der Waals surface area contributed by atoms with E-state index in [-0.39, 0.29) is 0 Å². The van der Waals surface area contributed by atoms with E-state index >= 15 is 0 Å². The van der Waals surface area contributed by atoms with Gasteiger partial charge >= 0.3 is 0 Å². The summed E-state index contributed by atoms with van der Waals surface area (Å²) in [6.45, 7) is 2.91. The highest BCUT2D eigenvalue weighted by Crippen LogP contribution is 2.20. The molecule has 0 unspecified atom stereocenters. The van der Waals surface area contributed by atoms with Gasteiger partial charge in [0.05, 0.1) is 0 Å². The van der Waals surface area contributed by atoms with Crippen molar-refractivity contribution < 1.29 is 0 Å². The molecule has 0 aromatic carbocycles. The van der Waals surface area contributed by atoms with E-state index in [0.717, 1.165) is 23.9 Å². The Morgan fingerprint density at radius 1 is 1.47 bits per heavy atom. The maximum Gasteiger partial charge on any atom is 0.202 e. The van der Waals surface area contributed by atoms with E-state index in [2.05, 4.69) is 20.8 Å². The molecular formula is C11H17N3S. The minimum atomic E-state index is 0.861.